The Bertz CT molecular complexity index is 1100. The van der Waals surface area contributed by atoms with E-state index in [4.69, 9.17) is 17.3 Å². The van der Waals surface area contributed by atoms with Crippen molar-refractivity contribution >= 4 is 17.3 Å². The number of nitrogens with two attached hydrogens (primary N) is 1. The van der Waals surface area contributed by atoms with Crippen LogP contribution in [0.2, 0.25) is 5.02 Å². The van der Waals surface area contributed by atoms with Gasteiger partial charge >= 0.3 is 0 Å². The molecule has 1 saturated heterocycles. The first-order valence-corrected chi connectivity index (χ1v) is 10.6. The SMILES string of the molecule is Nc1cccc(-c2nnc(C3CNCCC3c3ccc(F)c(F)c3)n2C2CC2)c1Cl. The van der Waals surface area contributed by atoms with Crippen LogP contribution < -0.4 is 11.1 Å². The highest BCUT2D eigenvalue weighted by Gasteiger charge is 2.37. The summed E-state index contributed by atoms with van der Waals surface area (Å²) in [5.74, 6) is -0.0745. The summed E-state index contributed by atoms with van der Waals surface area (Å²) in [5.41, 5.74) is 8.05. The highest BCUT2D eigenvalue weighted by molar-refractivity contribution is 6.35. The first-order chi connectivity index (χ1) is 14.5. The topological polar surface area (TPSA) is 68.8 Å². The fourth-order valence-corrected chi connectivity index (χ4v) is 4.64. The predicted octanol–water partition coefficient (Wildman–Crippen LogP) is 4.65. The molecule has 2 atom stereocenters. The van der Waals surface area contributed by atoms with E-state index < -0.39 is 11.6 Å². The van der Waals surface area contributed by atoms with Gasteiger partial charge in [0, 0.05) is 24.1 Å². The van der Waals surface area contributed by atoms with Crippen LogP contribution in [0.15, 0.2) is 36.4 Å². The van der Waals surface area contributed by atoms with E-state index in [1.165, 1.54) is 12.1 Å². The van der Waals surface area contributed by atoms with Gasteiger partial charge in [-0.05, 0) is 61.6 Å². The molecule has 2 fully saturated rings. The average Bonchev–Trinajstić information content (AvgIpc) is 3.50. The van der Waals surface area contributed by atoms with E-state index in [-0.39, 0.29) is 11.8 Å². The average molecular weight is 430 g/mol. The van der Waals surface area contributed by atoms with E-state index >= 15 is 0 Å². The van der Waals surface area contributed by atoms with Gasteiger partial charge in [0.25, 0.3) is 0 Å². The van der Waals surface area contributed by atoms with Gasteiger partial charge in [0.2, 0.25) is 0 Å². The number of aromatic nitrogens is 3. The summed E-state index contributed by atoms with van der Waals surface area (Å²) >= 11 is 6.48. The third-order valence-electron chi connectivity index (χ3n) is 6.09. The second kappa shape index (κ2) is 7.63. The largest absolute Gasteiger partial charge is 0.398 e. The van der Waals surface area contributed by atoms with Crippen LogP contribution in [0.1, 0.15) is 48.5 Å². The molecular weight excluding hydrogens is 408 g/mol. The Morgan fingerprint density at radius 3 is 2.63 bits per heavy atom. The molecule has 1 aliphatic carbocycles. The smallest absolute Gasteiger partial charge is 0.165 e. The highest BCUT2D eigenvalue weighted by atomic mass is 35.5. The zero-order valence-electron chi connectivity index (χ0n) is 16.3. The first-order valence-electron chi connectivity index (χ1n) is 10.2. The molecule has 0 spiro atoms. The molecular formula is C22H22ClF2N5. The van der Waals surface area contributed by atoms with Crippen LogP contribution in [-0.2, 0) is 0 Å². The minimum atomic E-state index is -0.830. The monoisotopic (exact) mass is 429 g/mol. The van der Waals surface area contributed by atoms with Gasteiger partial charge in [0.15, 0.2) is 17.5 Å². The molecule has 8 heteroatoms. The number of anilines is 1. The molecule has 5 nitrogen and oxygen atoms in total. The molecule has 2 aliphatic rings. The van der Waals surface area contributed by atoms with E-state index in [1.807, 2.05) is 12.1 Å². The zero-order chi connectivity index (χ0) is 20.8. The van der Waals surface area contributed by atoms with Crippen LogP contribution in [0.5, 0.6) is 0 Å². The molecule has 0 amide bonds. The number of rotatable bonds is 4. The van der Waals surface area contributed by atoms with Crippen molar-refractivity contribution in [1.29, 1.82) is 0 Å². The van der Waals surface area contributed by atoms with Crippen molar-refractivity contribution in [3.05, 3.63) is 64.4 Å². The normalized spacial score (nSPS) is 21.7. The van der Waals surface area contributed by atoms with E-state index in [0.717, 1.165) is 42.8 Å². The maximum absolute atomic E-state index is 13.9. The summed E-state index contributed by atoms with van der Waals surface area (Å²) in [5, 5.41) is 13.0. The van der Waals surface area contributed by atoms with Crippen LogP contribution >= 0.6 is 11.6 Å². The molecule has 3 N–H and O–H groups in total. The van der Waals surface area contributed by atoms with Crippen molar-refractivity contribution in [2.45, 2.75) is 37.1 Å². The van der Waals surface area contributed by atoms with Crippen molar-refractivity contribution in [1.82, 2.24) is 20.1 Å². The quantitative estimate of drug-likeness (QED) is 0.592. The molecule has 30 heavy (non-hydrogen) atoms. The Kier molecular flexibility index (Phi) is 4.95. The number of piperidine rings is 1. The first kappa shape index (κ1) is 19.5. The van der Waals surface area contributed by atoms with Crippen LogP contribution in [0.4, 0.5) is 14.5 Å². The lowest BCUT2D eigenvalue weighted by Gasteiger charge is -2.32. The molecule has 2 heterocycles. The van der Waals surface area contributed by atoms with Gasteiger partial charge < -0.3 is 15.6 Å². The molecule has 1 aliphatic heterocycles. The number of nitrogens with zero attached hydrogens (tertiary/aromatic N) is 3. The number of nitrogen functional groups attached to an aromatic ring is 1. The summed E-state index contributed by atoms with van der Waals surface area (Å²) in [6.07, 6.45) is 2.91. The van der Waals surface area contributed by atoms with Gasteiger partial charge in [0.05, 0.1) is 10.7 Å². The molecule has 1 saturated carbocycles. The maximum atomic E-state index is 13.9. The predicted molar refractivity (Wildman–Crippen MR) is 112 cm³/mol. The second-order valence-electron chi connectivity index (χ2n) is 8.07. The Labute approximate surface area is 178 Å². The molecule has 0 bridgehead atoms. The van der Waals surface area contributed by atoms with Crippen molar-refractivity contribution in [3.8, 4) is 11.4 Å². The van der Waals surface area contributed by atoms with Crippen molar-refractivity contribution < 1.29 is 8.78 Å². The van der Waals surface area contributed by atoms with Crippen molar-refractivity contribution in [3.63, 3.8) is 0 Å². The summed E-state index contributed by atoms with van der Waals surface area (Å²) in [4.78, 5) is 0. The van der Waals surface area contributed by atoms with Gasteiger partial charge in [0.1, 0.15) is 5.82 Å². The molecule has 1 aromatic heterocycles. The van der Waals surface area contributed by atoms with Crippen LogP contribution in [-0.4, -0.2) is 27.9 Å². The number of hydrogen-bond acceptors (Lipinski definition) is 4. The van der Waals surface area contributed by atoms with E-state index in [2.05, 4.69) is 20.1 Å². The zero-order valence-corrected chi connectivity index (χ0v) is 17.0. The van der Waals surface area contributed by atoms with Gasteiger partial charge in [-0.1, -0.05) is 23.7 Å². The van der Waals surface area contributed by atoms with Gasteiger partial charge in [-0.25, -0.2) is 8.78 Å². The molecule has 3 aromatic rings. The fourth-order valence-electron chi connectivity index (χ4n) is 4.43. The number of hydrogen-bond donors (Lipinski definition) is 2. The second-order valence-corrected chi connectivity index (χ2v) is 8.45. The molecule has 0 radical (unpaired) electrons. The third-order valence-corrected chi connectivity index (χ3v) is 6.51. The standard InChI is InChI=1S/C22H22ClF2N5/c23-20-15(2-1-3-19(20)26)21-28-29-22(30(21)13-5-6-13)16-11-27-9-8-14(16)12-4-7-17(24)18(25)10-12/h1-4,7,10,13-14,16,27H,5-6,8-9,11,26H2. The van der Waals surface area contributed by atoms with E-state index in [0.29, 0.717) is 29.1 Å². The number of benzene rings is 2. The van der Waals surface area contributed by atoms with Crippen molar-refractivity contribution in [2.24, 2.45) is 0 Å². The minimum Gasteiger partial charge on any atom is -0.398 e. The number of nitrogens with one attached hydrogen (secondary N) is 1. The van der Waals surface area contributed by atoms with Gasteiger partial charge in [-0.2, -0.15) is 0 Å². The molecule has 2 aromatic carbocycles. The summed E-state index contributed by atoms with van der Waals surface area (Å²) < 4.78 is 29.6. The third kappa shape index (κ3) is 3.36. The minimum absolute atomic E-state index is 0.00899. The lowest BCUT2D eigenvalue weighted by molar-refractivity contribution is 0.379. The molecule has 156 valence electrons. The van der Waals surface area contributed by atoms with Crippen LogP contribution in [0, 0.1) is 11.6 Å². The Morgan fingerprint density at radius 1 is 1.03 bits per heavy atom. The molecule has 2 unspecified atom stereocenters. The highest BCUT2D eigenvalue weighted by Crippen LogP contribution is 2.45. The van der Waals surface area contributed by atoms with Crippen LogP contribution in [0.3, 0.4) is 0 Å². The van der Waals surface area contributed by atoms with Gasteiger partial charge in [-0.15, -0.1) is 10.2 Å². The maximum Gasteiger partial charge on any atom is 0.165 e. The Hall–Kier alpha value is -2.51. The lowest BCUT2D eigenvalue weighted by atomic mass is 9.80. The number of halogens is 3. The summed E-state index contributed by atoms with van der Waals surface area (Å²) in [7, 11) is 0. The van der Waals surface area contributed by atoms with Crippen molar-refractivity contribution in [2.75, 3.05) is 18.8 Å². The lowest BCUT2D eigenvalue weighted by Crippen LogP contribution is -2.35. The Balaban J connectivity index is 1.59. The van der Waals surface area contributed by atoms with E-state index in [9.17, 15) is 8.78 Å². The summed E-state index contributed by atoms with van der Waals surface area (Å²) in [6, 6.07) is 10.0. The van der Waals surface area contributed by atoms with Gasteiger partial charge in [-0.3, -0.25) is 0 Å². The summed E-state index contributed by atoms with van der Waals surface area (Å²) in [6.45, 7) is 1.50. The van der Waals surface area contributed by atoms with Crippen LogP contribution in [0.25, 0.3) is 11.4 Å². The van der Waals surface area contributed by atoms with E-state index in [1.54, 1.807) is 12.1 Å². The molecule has 5 rings (SSSR count). The fraction of sp³-hybridized carbons (Fsp3) is 0.364. The Morgan fingerprint density at radius 2 is 1.87 bits per heavy atom.